The van der Waals surface area contributed by atoms with Crippen molar-refractivity contribution in [2.24, 2.45) is 0 Å². The average molecular weight is 572 g/mol. The lowest BCUT2D eigenvalue weighted by atomic mass is 10.3. The van der Waals surface area contributed by atoms with Gasteiger partial charge in [-0.05, 0) is 49.2 Å². The van der Waals surface area contributed by atoms with Gasteiger partial charge in [0.2, 0.25) is 0 Å². The van der Waals surface area contributed by atoms with Crippen LogP contribution in [0.3, 0.4) is 0 Å². The smallest absolute Gasteiger partial charge is 0.0587 e. The molecule has 0 N–H and O–H groups in total. The predicted molar refractivity (Wildman–Crippen MR) is 179 cm³/mol. The summed E-state index contributed by atoms with van der Waals surface area (Å²) in [4.78, 5) is 2.62. The van der Waals surface area contributed by atoms with Crippen LogP contribution in [0.4, 0.5) is 5.69 Å². The van der Waals surface area contributed by atoms with Gasteiger partial charge in [0.05, 0.1) is 12.1 Å². The molecule has 0 atom stereocenters. The second-order valence-corrected chi connectivity index (χ2v) is 13.1. The third-order valence-electron chi connectivity index (χ3n) is 6.02. The lowest BCUT2D eigenvalue weighted by molar-refractivity contribution is 1.05. The molecule has 0 aliphatic carbocycles. The highest BCUT2D eigenvalue weighted by Gasteiger charge is 2.23. The highest BCUT2D eigenvalue weighted by Crippen LogP contribution is 2.41. The Hall–Kier alpha value is -4.26. The minimum Gasteiger partial charge on any atom is -0.362 e. The molecule has 0 fully saturated rings. The van der Waals surface area contributed by atoms with Crippen LogP contribution in [0.15, 0.2) is 152 Å². The zero-order chi connectivity index (χ0) is 29.1. The quantitative estimate of drug-likeness (QED) is 0.170. The summed E-state index contributed by atoms with van der Waals surface area (Å²) in [6.07, 6.45) is 1.96. The van der Waals surface area contributed by atoms with Crippen LogP contribution in [0.25, 0.3) is 0 Å². The van der Waals surface area contributed by atoms with Crippen LogP contribution in [-0.2, 0) is 0 Å². The Morgan fingerprint density at radius 3 is 0.902 bits per heavy atom. The van der Waals surface area contributed by atoms with E-state index < -0.39 is 15.8 Å². The van der Waals surface area contributed by atoms with Crippen molar-refractivity contribution in [2.45, 2.75) is 13.8 Å². The summed E-state index contributed by atoms with van der Waals surface area (Å²) in [5.41, 5.74) is 1.28. The van der Waals surface area contributed by atoms with E-state index in [1.165, 1.54) is 40.8 Å². The summed E-state index contributed by atoms with van der Waals surface area (Å²) in [5, 5.41) is 20.3. The lowest BCUT2D eigenvalue weighted by Crippen LogP contribution is -2.32. The van der Waals surface area contributed by atoms with Crippen LogP contribution >= 0.6 is 15.8 Å². The molecular weight excluding hydrogens is 536 g/mol. The standard InChI is InChI=1S/C32H29NP2.2C2H3N/c1-6-16-28(17-7-1)33(26-34(29-18-8-2-9-19-29)30-20-10-3-11-21-30)27-35(31-22-12-4-13-23-31)32-24-14-5-15-25-32;2*1-2-3/h1-25H,26-27H2;2*1H3. The SMILES string of the molecule is CC#N.CC#N.c1ccc(N(CP(c2ccccc2)c2ccccc2)CP(c2ccccc2)c2ccccc2)cc1. The Bertz CT molecular complexity index is 1290. The number of anilines is 1. The van der Waals surface area contributed by atoms with E-state index in [1.807, 2.05) is 0 Å². The highest BCUT2D eigenvalue weighted by atomic mass is 31.1. The molecule has 0 bridgehead atoms. The van der Waals surface area contributed by atoms with Gasteiger partial charge >= 0.3 is 0 Å². The third-order valence-corrected chi connectivity index (χ3v) is 11.0. The van der Waals surface area contributed by atoms with Crippen LogP contribution in [-0.4, -0.2) is 12.6 Å². The molecule has 0 unspecified atom stereocenters. The summed E-state index contributed by atoms with van der Waals surface area (Å²) in [5.74, 6) is 0. The van der Waals surface area contributed by atoms with Gasteiger partial charge in [0, 0.05) is 32.1 Å². The van der Waals surface area contributed by atoms with E-state index in [9.17, 15) is 0 Å². The summed E-state index contributed by atoms with van der Waals surface area (Å²) in [7, 11) is -1.09. The maximum atomic E-state index is 7.32. The normalized spacial score (nSPS) is 9.80. The molecule has 0 saturated carbocycles. The Kier molecular flexibility index (Phi) is 13.8. The summed E-state index contributed by atoms with van der Waals surface area (Å²) in [6.45, 7) is 2.86. The van der Waals surface area contributed by atoms with Crippen LogP contribution in [0.2, 0.25) is 0 Å². The summed E-state index contributed by atoms with van der Waals surface area (Å²) >= 11 is 0. The molecule has 5 aromatic rings. The minimum absolute atomic E-state index is 0.546. The van der Waals surface area contributed by atoms with Gasteiger partial charge in [-0.2, -0.15) is 10.5 Å². The Labute approximate surface area is 247 Å². The van der Waals surface area contributed by atoms with Gasteiger partial charge in [-0.15, -0.1) is 0 Å². The number of nitriles is 2. The molecule has 5 rings (SSSR count). The maximum Gasteiger partial charge on any atom is 0.0587 e. The number of hydrogen-bond donors (Lipinski definition) is 0. The van der Waals surface area contributed by atoms with Crippen molar-refractivity contribution < 1.29 is 0 Å². The molecule has 0 spiro atoms. The van der Waals surface area contributed by atoms with Gasteiger partial charge < -0.3 is 4.90 Å². The fourth-order valence-electron chi connectivity index (χ4n) is 4.24. The van der Waals surface area contributed by atoms with Gasteiger partial charge in [0.15, 0.2) is 0 Å². The fraction of sp³-hybridized carbons (Fsp3) is 0.111. The predicted octanol–water partition coefficient (Wildman–Crippen LogP) is 7.73. The molecule has 0 amide bonds. The molecule has 5 heteroatoms. The van der Waals surface area contributed by atoms with E-state index in [0.717, 1.165) is 12.6 Å². The Morgan fingerprint density at radius 2 is 0.659 bits per heavy atom. The van der Waals surface area contributed by atoms with E-state index in [-0.39, 0.29) is 0 Å². The number of hydrogen-bond acceptors (Lipinski definition) is 3. The second kappa shape index (κ2) is 18.2. The molecule has 0 radical (unpaired) electrons. The molecule has 0 saturated heterocycles. The van der Waals surface area contributed by atoms with Gasteiger partial charge in [0.1, 0.15) is 0 Å². The fourth-order valence-corrected chi connectivity index (χ4v) is 8.99. The number of para-hydroxylation sites is 1. The van der Waals surface area contributed by atoms with Gasteiger partial charge in [-0.1, -0.05) is 140 Å². The highest BCUT2D eigenvalue weighted by molar-refractivity contribution is 7.74. The third kappa shape index (κ3) is 10.0. The number of nitrogens with zero attached hydrogens (tertiary/aromatic N) is 3. The van der Waals surface area contributed by atoms with Crippen molar-refractivity contribution in [3.63, 3.8) is 0 Å². The van der Waals surface area contributed by atoms with Crippen LogP contribution < -0.4 is 26.1 Å². The van der Waals surface area contributed by atoms with E-state index in [1.54, 1.807) is 12.1 Å². The summed E-state index contributed by atoms with van der Waals surface area (Å²) in [6, 6.07) is 58.6. The van der Waals surface area contributed by atoms with Crippen molar-refractivity contribution >= 4 is 42.7 Å². The molecular formula is C36H35N3P2. The molecule has 0 heterocycles. The first-order valence-electron chi connectivity index (χ1n) is 13.4. The second-order valence-electron chi connectivity index (χ2n) is 8.80. The van der Waals surface area contributed by atoms with Crippen molar-refractivity contribution in [3.05, 3.63) is 152 Å². The van der Waals surface area contributed by atoms with E-state index in [0.29, 0.717) is 0 Å². The monoisotopic (exact) mass is 571 g/mol. The van der Waals surface area contributed by atoms with Gasteiger partial charge in [-0.3, -0.25) is 0 Å². The Balaban J connectivity index is 0.000000710. The lowest BCUT2D eigenvalue weighted by Gasteiger charge is -2.34. The van der Waals surface area contributed by atoms with Crippen LogP contribution in [0.5, 0.6) is 0 Å². The molecule has 41 heavy (non-hydrogen) atoms. The average Bonchev–Trinajstić information content (AvgIpc) is 3.04. The number of rotatable bonds is 9. The van der Waals surface area contributed by atoms with Crippen molar-refractivity contribution in [2.75, 3.05) is 17.5 Å². The Morgan fingerprint density at radius 1 is 0.439 bits per heavy atom. The van der Waals surface area contributed by atoms with Crippen LogP contribution in [0.1, 0.15) is 13.8 Å². The topological polar surface area (TPSA) is 50.8 Å². The van der Waals surface area contributed by atoms with E-state index in [2.05, 4.69) is 157 Å². The largest absolute Gasteiger partial charge is 0.362 e. The molecule has 0 aliphatic rings. The molecule has 0 aliphatic heterocycles. The first-order valence-corrected chi connectivity index (χ1v) is 16.4. The van der Waals surface area contributed by atoms with Crippen molar-refractivity contribution in [3.8, 4) is 12.1 Å². The molecule has 5 aromatic carbocycles. The maximum absolute atomic E-state index is 7.32. The van der Waals surface area contributed by atoms with E-state index in [4.69, 9.17) is 10.5 Å². The molecule has 0 aromatic heterocycles. The van der Waals surface area contributed by atoms with E-state index >= 15 is 0 Å². The number of benzene rings is 5. The minimum atomic E-state index is -0.546. The van der Waals surface area contributed by atoms with Gasteiger partial charge in [-0.25, -0.2) is 0 Å². The van der Waals surface area contributed by atoms with Crippen molar-refractivity contribution in [1.82, 2.24) is 0 Å². The zero-order valence-corrected chi connectivity index (χ0v) is 25.4. The first kappa shape index (κ1) is 31.3. The van der Waals surface area contributed by atoms with Crippen LogP contribution in [0, 0.1) is 22.7 Å². The first-order chi connectivity index (χ1) is 20.2. The van der Waals surface area contributed by atoms with Gasteiger partial charge in [0.25, 0.3) is 0 Å². The molecule has 3 nitrogen and oxygen atoms in total. The summed E-state index contributed by atoms with van der Waals surface area (Å²) < 4.78 is 0. The van der Waals surface area contributed by atoms with Crippen molar-refractivity contribution in [1.29, 1.82) is 10.5 Å². The zero-order valence-electron chi connectivity index (χ0n) is 23.6. The molecule has 204 valence electrons.